The zero-order valence-corrected chi connectivity index (χ0v) is 16.8. The van der Waals surface area contributed by atoms with E-state index in [2.05, 4.69) is 16.4 Å². The number of aromatic nitrogens is 1. The summed E-state index contributed by atoms with van der Waals surface area (Å²) < 4.78 is 14.1. The first-order valence-electron chi connectivity index (χ1n) is 10.8. The molecular weight excluding hydrogens is 383 g/mol. The van der Waals surface area contributed by atoms with Crippen LogP contribution in [0.3, 0.4) is 0 Å². The van der Waals surface area contributed by atoms with E-state index in [9.17, 15) is 19.2 Å². The second kappa shape index (κ2) is 7.12. The Kier molecular flexibility index (Phi) is 4.53. The van der Waals surface area contributed by atoms with Gasteiger partial charge in [-0.1, -0.05) is 25.0 Å². The third-order valence-corrected chi connectivity index (χ3v) is 7.02. The minimum Gasteiger partial charge on any atom is -0.356 e. The molecule has 0 radical (unpaired) electrons. The molecule has 2 saturated carbocycles. The van der Waals surface area contributed by atoms with E-state index in [-0.39, 0.29) is 29.5 Å². The average Bonchev–Trinajstić information content (AvgIpc) is 3.44. The summed E-state index contributed by atoms with van der Waals surface area (Å²) in [4.78, 5) is 31.4. The molecule has 0 bridgehead atoms. The molecule has 7 heteroatoms. The highest BCUT2D eigenvalue weighted by Gasteiger charge is 2.47. The first-order chi connectivity index (χ1) is 14.5. The van der Waals surface area contributed by atoms with E-state index in [1.54, 1.807) is 6.07 Å². The summed E-state index contributed by atoms with van der Waals surface area (Å²) >= 11 is 0. The van der Waals surface area contributed by atoms with Crippen molar-refractivity contribution in [3.63, 3.8) is 0 Å². The molecule has 1 aromatic carbocycles. The van der Waals surface area contributed by atoms with Crippen molar-refractivity contribution in [3.8, 4) is 6.07 Å². The van der Waals surface area contributed by atoms with Gasteiger partial charge in [0, 0.05) is 48.0 Å². The number of amides is 2. The van der Waals surface area contributed by atoms with Crippen LogP contribution in [0.4, 0.5) is 4.39 Å². The number of para-hydroxylation sites is 1. The highest BCUT2D eigenvalue weighted by molar-refractivity contribution is 5.90. The predicted octanol–water partition coefficient (Wildman–Crippen LogP) is 3.17. The third kappa shape index (κ3) is 3.15. The number of benzene rings is 1. The number of fused-ring (bicyclic) bond motifs is 3. The van der Waals surface area contributed by atoms with Crippen LogP contribution in [0.5, 0.6) is 0 Å². The Morgan fingerprint density at radius 1 is 1.23 bits per heavy atom. The van der Waals surface area contributed by atoms with Crippen LogP contribution in [-0.4, -0.2) is 33.8 Å². The molecule has 2 fully saturated rings. The summed E-state index contributed by atoms with van der Waals surface area (Å²) in [6.07, 6.45) is 5.26. The van der Waals surface area contributed by atoms with Gasteiger partial charge in [-0.25, -0.2) is 4.39 Å². The molecule has 1 aromatic heterocycles. The first-order valence-corrected chi connectivity index (χ1v) is 10.8. The maximum absolute atomic E-state index is 14.1. The summed E-state index contributed by atoms with van der Waals surface area (Å²) in [5.74, 6) is -1.15. The Morgan fingerprint density at radius 3 is 2.73 bits per heavy atom. The summed E-state index contributed by atoms with van der Waals surface area (Å²) in [6, 6.07) is 7.21. The highest BCUT2D eigenvalue weighted by Crippen LogP contribution is 2.38. The number of aromatic amines is 1. The van der Waals surface area contributed by atoms with Gasteiger partial charge in [0.15, 0.2) is 0 Å². The van der Waals surface area contributed by atoms with Gasteiger partial charge in [0.25, 0.3) is 0 Å². The second-order valence-corrected chi connectivity index (χ2v) is 8.93. The van der Waals surface area contributed by atoms with Crippen molar-refractivity contribution in [2.75, 3.05) is 6.54 Å². The standard InChI is InChI=1S/C23H25FN4O2/c24-18-7-3-6-14-17-12-28(11-8-19(17)26-20(14)18)22(30)16-5-2-1-4-15(16)21(29)27-23(13-25)9-10-23/h3,6-7,15-16,26H,1-2,4-5,8-12H2,(H,27,29)/t15-,16?/m1/s1. The molecule has 1 aliphatic heterocycles. The zero-order chi connectivity index (χ0) is 20.9. The summed E-state index contributed by atoms with van der Waals surface area (Å²) in [7, 11) is 0. The van der Waals surface area contributed by atoms with E-state index in [0.717, 1.165) is 29.5 Å². The van der Waals surface area contributed by atoms with E-state index < -0.39 is 5.54 Å². The third-order valence-electron chi connectivity index (χ3n) is 7.02. The molecule has 2 aliphatic carbocycles. The Morgan fingerprint density at radius 2 is 2.00 bits per heavy atom. The fourth-order valence-corrected chi connectivity index (χ4v) is 5.08. The topological polar surface area (TPSA) is 89.0 Å². The molecular formula is C23H25FN4O2. The number of rotatable bonds is 3. The summed E-state index contributed by atoms with van der Waals surface area (Å²) in [5, 5.41) is 13.0. The van der Waals surface area contributed by atoms with Crippen LogP contribution >= 0.6 is 0 Å². The molecule has 2 aromatic rings. The SMILES string of the molecule is N#CC1(NC(=O)[C@@H]2CCCCC2C(=O)N2CCc3[nH]c4c(F)cccc4c3C2)CC1. The Balaban J connectivity index is 1.36. The van der Waals surface area contributed by atoms with Gasteiger partial charge in [-0.2, -0.15) is 5.26 Å². The van der Waals surface area contributed by atoms with E-state index in [4.69, 9.17) is 0 Å². The van der Waals surface area contributed by atoms with Gasteiger partial charge in [-0.3, -0.25) is 9.59 Å². The number of H-pyrrole nitrogens is 1. The van der Waals surface area contributed by atoms with E-state index in [0.29, 0.717) is 50.7 Å². The van der Waals surface area contributed by atoms with E-state index >= 15 is 0 Å². The smallest absolute Gasteiger partial charge is 0.226 e. The number of hydrogen-bond donors (Lipinski definition) is 2. The maximum atomic E-state index is 14.1. The molecule has 2 atom stereocenters. The van der Waals surface area contributed by atoms with Crippen molar-refractivity contribution in [1.29, 1.82) is 5.26 Å². The zero-order valence-electron chi connectivity index (χ0n) is 16.8. The molecule has 5 rings (SSSR count). The summed E-state index contributed by atoms with van der Waals surface area (Å²) in [6.45, 7) is 0.998. The molecule has 0 saturated heterocycles. The monoisotopic (exact) mass is 408 g/mol. The van der Waals surface area contributed by atoms with Crippen LogP contribution in [-0.2, 0) is 22.6 Å². The number of nitriles is 1. The number of nitrogens with zero attached hydrogens (tertiary/aromatic N) is 2. The van der Waals surface area contributed by atoms with Crippen molar-refractivity contribution in [2.24, 2.45) is 11.8 Å². The largest absolute Gasteiger partial charge is 0.356 e. The normalized spacial score (nSPS) is 24.7. The Bertz CT molecular complexity index is 1070. The van der Waals surface area contributed by atoms with E-state index in [1.807, 2.05) is 11.0 Å². The van der Waals surface area contributed by atoms with Crippen molar-refractivity contribution in [1.82, 2.24) is 15.2 Å². The predicted molar refractivity (Wildman–Crippen MR) is 109 cm³/mol. The molecule has 2 N–H and O–H groups in total. The van der Waals surface area contributed by atoms with Crippen LogP contribution in [0.15, 0.2) is 18.2 Å². The fraction of sp³-hybridized carbons (Fsp3) is 0.522. The van der Waals surface area contributed by atoms with Crippen LogP contribution < -0.4 is 5.32 Å². The number of hydrogen-bond acceptors (Lipinski definition) is 3. The van der Waals surface area contributed by atoms with Gasteiger partial charge in [-0.05, 0) is 31.7 Å². The lowest BCUT2D eigenvalue weighted by Gasteiger charge is -2.36. The maximum Gasteiger partial charge on any atom is 0.226 e. The van der Waals surface area contributed by atoms with Gasteiger partial charge < -0.3 is 15.2 Å². The lowest BCUT2D eigenvalue weighted by molar-refractivity contribution is -0.144. The number of halogens is 1. The lowest BCUT2D eigenvalue weighted by atomic mass is 9.77. The van der Waals surface area contributed by atoms with E-state index in [1.165, 1.54) is 6.07 Å². The molecule has 156 valence electrons. The Labute approximate surface area is 174 Å². The average molecular weight is 408 g/mol. The number of carbonyl (C=O) groups is 2. The van der Waals surface area contributed by atoms with Gasteiger partial charge in [0.2, 0.25) is 11.8 Å². The highest BCUT2D eigenvalue weighted by atomic mass is 19.1. The van der Waals surface area contributed by atoms with Crippen LogP contribution in [0.1, 0.15) is 49.8 Å². The van der Waals surface area contributed by atoms with Crippen molar-refractivity contribution < 1.29 is 14.0 Å². The van der Waals surface area contributed by atoms with Crippen LogP contribution in [0.2, 0.25) is 0 Å². The molecule has 6 nitrogen and oxygen atoms in total. The van der Waals surface area contributed by atoms with Crippen LogP contribution in [0, 0.1) is 29.0 Å². The fourth-order valence-electron chi connectivity index (χ4n) is 5.08. The van der Waals surface area contributed by atoms with Gasteiger partial charge in [-0.15, -0.1) is 0 Å². The minimum atomic E-state index is -0.712. The molecule has 2 amide bonds. The second-order valence-electron chi connectivity index (χ2n) is 8.93. The van der Waals surface area contributed by atoms with Gasteiger partial charge >= 0.3 is 0 Å². The number of nitrogens with one attached hydrogen (secondary N) is 2. The van der Waals surface area contributed by atoms with Crippen LogP contribution in [0.25, 0.3) is 10.9 Å². The van der Waals surface area contributed by atoms with Gasteiger partial charge in [0.05, 0.1) is 11.6 Å². The summed E-state index contributed by atoms with van der Waals surface area (Å²) in [5.41, 5.74) is 1.75. The molecule has 1 unspecified atom stereocenters. The molecule has 2 heterocycles. The van der Waals surface area contributed by atoms with Crippen molar-refractivity contribution in [2.45, 2.75) is 57.0 Å². The molecule has 3 aliphatic rings. The quantitative estimate of drug-likeness (QED) is 0.818. The number of carbonyl (C=O) groups excluding carboxylic acids is 2. The van der Waals surface area contributed by atoms with Crippen molar-refractivity contribution in [3.05, 3.63) is 35.3 Å². The minimum absolute atomic E-state index is 0.00746. The first kappa shape index (κ1) is 19.1. The molecule has 30 heavy (non-hydrogen) atoms. The lowest BCUT2D eigenvalue weighted by Crippen LogP contribution is -2.48. The van der Waals surface area contributed by atoms with Crippen molar-refractivity contribution >= 4 is 22.7 Å². The Hall–Kier alpha value is -2.88. The molecule has 0 spiro atoms. The van der Waals surface area contributed by atoms with Gasteiger partial charge in [0.1, 0.15) is 11.4 Å².